The van der Waals surface area contributed by atoms with E-state index < -0.39 is 16.1 Å². The molecule has 0 aliphatic rings. The van der Waals surface area contributed by atoms with E-state index in [0.29, 0.717) is 12.2 Å². The molecule has 28 heavy (non-hydrogen) atoms. The van der Waals surface area contributed by atoms with Crippen molar-refractivity contribution in [3.63, 3.8) is 0 Å². The van der Waals surface area contributed by atoms with Crippen molar-refractivity contribution in [2.45, 2.75) is 46.1 Å². The molecule has 0 spiro atoms. The first kappa shape index (κ1) is 22.0. The molecular formula is C22H30N2O3S. The van der Waals surface area contributed by atoms with Crippen LogP contribution in [-0.2, 0) is 27.7 Å². The van der Waals surface area contributed by atoms with Gasteiger partial charge in [0.15, 0.2) is 0 Å². The van der Waals surface area contributed by atoms with Gasteiger partial charge in [0.05, 0.1) is 11.9 Å². The van der Waals surface area contributed by atoms with E-state index in [1.807, 2.05) is 19.1 Å². The molecule has 6 heteroatoms. The van der Waals surface area contributed by atoms with Crippen molar-refractivity contribution in [2.75, 3.05) is 17.1 Å². The van der Waals surface area contributed by atoms with Crippen LogP contribution in [-0.4, -0.2) is 33.2 Å². The lowest BCUT2D eigenvalue weighted by molar-refractivity contribution is -0.121. The number of sulfonamides is 1. The molecule has 2 aromatic rings. The number of aryl methyl sites for hydroxylation is 3. The highest BCUT2D eigenvalue weighted by atomic mass is 32.2. The van der Waals surface area contributed by atoms with Crippen LogP contribution < -0.4 is 9.62 Å². The Balaban J connectivity index is 1.97. The zero-order chi connectivity index (χ0) is 20.7. The highest BCUT2D eigenvalue weighted by molar-refractivity contribution is 7.92. The summed E-state index contributed by atoms with van der Waals surface area (Å²) in [5.41, 5.74) is 4.06. The zero-order valence-electron chi connectivity index (χ0n) is 17.1. The van der Waals surface area contributed by atoms with E-state index in [1.165, 1.54) is 15.4 Å². The fourth-order valence-electron chi connectivity index (χ4n) is 3.09. The van der Waals surface area contributed by atoms with E-state index in [-0.39, 0.29) is 5.91 Å². The Bertz CT molecular complexity index is 875. The van der Waals surface area contributed by atoms with E-state index in [4.69, 9.17) is 0 Å². The average Bonchev–Trinajstić information content (AvgIpc) is 2.66. The Kier molecular flexibility index (Phi) is 7.63. The maximum Gasteiger partial charge on any atom is 0.243 e. The summed E-state index contributed by atoms with van der Waals surface area (Å²) >= 11 is 0. The van der Waals surface area contributed by atoms with E-state index in [0.717, 1.165) is 31.1 Å². The number of rotatable bonds is 9. The van der Waals surface area contributed by atoms with Crippen molar-refractivity contribution in [3.8, 4) is 0 Å². The first-order valence-corrected chi connectivity index (χ1v) is 11.5. The van der Waals surface area contributed by atoms with Gasteiger partial charge in [-0.15, -0.1) is 0 Å². The topological polar surface area (TPSA) is 66.5 Å². The molecule has 5 nitrogen and oxygen atoms in total. The summed E-state index contributed by atoms with van der Waals surface area (Å²) in [4.78, 5) is 12.6. The Morgan fingerprint density at radius 2 is 1.61 bits per heavy atom. The van der Waals surface area contributed by atoms with Gasteiger partial charge >= 0.3 is 0 Å². The van der Waals surface area contributed by atoms with Crippen LogP contribution in [0.25, 0.3) is 0 Å². The number of carbonyl (C=O) groups is 1. The van der Waals surface area contributed by atoms with Gasteiger partial charge < -0.3 is 5.32 Å². The molecule has 1 atom stereocenters. The summed E-state index contributed by atoms with van der Waals surface area (Å²) < 4.78 is 25.8. The fourth-order valence-corrected chi connectivity index (χ4v) is 4.27. The third-order valence-electron chi connectivity index (χ3n) is 4.75. The van der Waals surface area contributed by atoms with Gasteiger partial charge in [-0.25, -0.2) is 8.42 Å². The smallest absolute Gasteiger partial charge is 0.243 e. The van der Waals surface area contributed by atoms with Crippen molar-refractivity contribution in [2.24, 2.45) is 0 Å². The largest absolute Gasteiger partial charge is 0.354 e. The van der Waals surface area contributed by atoms with E-state index in [2.05, 4.69) is 36.5 Å². The number of amides is 1. The van der Waals surface area contributed by atoms with Crippen LogP contribution in [0.1, 0.15) is 37.0 Å². The van der Waals surface area contributed by atoms with Gasteiger partial charge in [-0.1, -0.05) is 48.9 Å². The van der Waals surface area contributed by atoms with Crippen LogP contribution in [0, 0.1) is 6.92 Å². The van der Waals surface area contributed by atoms with Gasteiger partial charge in [0.25, 0.3) is 0 Å². The van der Waals surface area contributed by atoms with Crippen molar-refractivity contribution < 1.29 is 13.2 Å². The molecule has 0 fully saturated rings. The Morgan fingerprint density at radius 3 is 2.14 bits per heavy atom. The summed E-state index contributed by atoms with van der Waals surface area (Å²) in [6, 6.07) is 14.8. The number of benzene rings is 2. The minimum atomic E-state index is -3.59. The molecule has 152 valence electrons. The molecule has 0 bridgehead atoms. The van der Waals surface area contributed by atoms with Gasteiger partial charge in [0, 0.05) is 6.54 Å². The van der Waals surface area contributed by atoms with Crippen molar-refractivity contribution in [1.82, 2.24) is 5.32 Å². The molecule has 0 aliphatic carbocycles. The second-order valence-electron chi connectivity index (χ2n) is 7.13. The zero-order valence-corrected chi connectivity index (χ0v) is 17.9. The third kappa shape index (κ3) is 6.09. The monoisotopic (exact) mass is 402 g/mol. The first-order valence-electron chi connectivity index (χ1n) is 9.64. The van der Waals surface area contributed by atoms with Crippen LogP contribution in [0.15, 0.2) is 48.5 Å². The van der Waals surface area contributed by atoms with E-state index in [9.17, 15) is 13.2 Å². The number of nitrogens with zero attached hydrogens (tertiary/aromatic N) is 1. The first-order chi connectivity index (χ1) is 13.2. The van der Waals surface area contributed by atoms with Crippen molar-refractivity contribution in [1.29, 1.82) is 0 Å². The maximum atomic E-state index is 12.6. The van der Waals surface area contributed by atoms with Crippen LogP contribution >= 0.6 is 0 Å². The van der Waals surface area contributed by atoms with E-state index in [1.54, 1.807) is 19.1 Å². The van der Waals surface area contributed by atoms with Crippen LogP contribution in [0.3, 0.4) is 0 Å². The minimum absolute atomic E-state index is 0.297. The summed E-state index contributed by atoms with van der Waals surface area (Å²) in [5, 5.41) is 2.86. The Morgan fingerprint density at radius 1 is 1.04 bits per heavy atom. The molecule has 0 saturated carbocycles. The lowest BCUT2D eigenvalue weighted by atomic mass is 10.1. The Hall–Kier alpha value is -2.34. The predicted octanol–water partition coefficient (Wildman–Crippen LogP) is 3.46. The normalized spacial score (nSPS) is 12.4. The van der Waals surface area contributed by atoms with Crippen molar-refractivity contribution >= 4 is 21.6 Å². The molecule has 1 amide bonds. The Labute approximate surface area is 168 Å². The lowest BCUT2D eigenvalue weighted by Crippen LogP contribution is -2.48. The summed E-state index contributed by atoms with van der Waals surface area (Å²) in [6.07, 6.45) is 3.66. The van der Waals surface area contributed by atoms with Crippen LogP contribution in [0.5, 0.6) is 0 Å². The fraction of sp³-hybridized carbons (Fsp3) is 0.409. The SMILES string of the molecule is CCc1ccc(N(C(C)C(=O)NCCCc2ccc(C)cc2)S(C)(=O)=O)cc1. The predicted molar refractivity (Wildman–Crippen MR) is 115 cm³/mol. The van der Waals surface area contributed by atoms with Crippen LogP contribution in [0.2, 0.25) is 0 Å². The van der Waals surface area contributed by atoms with Gasteiger partial charge in [-0.05, 0) is 56.4 Å². The lowest BCUT2D eigenvalue weighted by Gasteiger charge is -2.28. The summed E-state index contributed by atoms with van der Waals surface area (Å²) in [7, 11) is -3.59. The quantitative estimate of drug-likeness (QED) is 0.653. The van der Waals surface area contributed by atoms with Gasteiger partial charge in [0.2, 0.25) is 15.9 Å². The van der Waals surface area contributed by atoms with Gasteiger partial charge in [-0.2, -0.15) is 0 Å². The number of hydrogen-bond acceptors (Lipinski definition) is 3. The molecule has 1 unspecified atom stereocenters. The molecular weight excluding hydrogens is 372 g/mol. The molecule has 2 rings (SSSR count). The molecule has 0 radical (unpaired) electrons. The number of carbonyl (C=O) groups excluding carboxylic acids is 1. The van der Waals surface area contributed by atoms with Gasteiger partial charge in [-0.3, -0.25) is 9.10 Å². The van der Waals surface area contributed by atoms with Crippen molar-refractivity contribution in [3.05, 3.63) is 65.2 Å². The minimum Gasteiger partial charge on any atom is -0.354 e. The number of hydrogen-bond donors (Lipinski definition) is 1. The molecule has 0 heterocycles. The standard InChI is InChI=1S/C22H30N2O3S/c1-5-19-12-14-21(15-13-19)24(28(4,26)27)18(3)22(25)23-16-6-7-20-10-8-17(2)9-11-20/h8-15,18H,5-7,16H2,1-4H3,(H,23,25). The summed E-state index contributed by atoms with van der Waals surface area (Å²) in [5.74, 6) is -0.297. The third-order valence-corrected chi connectivity index (χ3v) is 5.99. The van der Waals surface area contributed by atoms with Gasteiger partial charge in [0.1, 0.15) is 6.04 Å². The van der Waals surface area contributed by atoms with E-state index >= 15 is 0 Å². The summed E-state index contributed by atoms with van der Waals surface area (Å²) in [6.45, 7) is 6.21. The highest BCUT2D eigenvalue weighted by Crippen LogP contribution is 2.21. The second-order valence-corrected chi connectivity index (χ2v) is 8.99. The molecule has 2 aromatic carbocycles. The number of anilines is 1. The number of nitrogens with one attached hydrogen (secondary N) is 1. The van der Waals surface area contributed by atoms with Crippen LogP contribution in [0.4, 0.5) is 5.69 Å². The highest BCUT2D eigenvalue weighted by Gasteiger charge is 2.28. The molecule has 0 saturated heterocycles. The second kappa shape index (κ2) is 9.73. The maximum absolute atomic E-state index is 12.6. The average molecular weight is 403 g/mol. The molecule has 0 aliphatic heterocycles. The molecule has 1 N–H and O–H groups in total. The molecule has 0 aromatic heterocycles.